The van der Waals surface area contributed by atoms with Crippen molar-refractivity contribution < 1.29 is 4.79 Å². The van der Waals surface area contributed by atoms with Gasteiger partial charge in [-0.3, -0.25) is 4.79 Å². The molecule has 2 heterocycles. The van der Waals surface area contributed by atoms with Crippen molar-refractivity contribution in [2.75, 3.05) is 23.3 Å². The number of benzene rings is 2. The lowest BCUT2D eigenvalue weighted by Crippen LogP contribution is -2.30. The van der Waals surface area contributed by atoms with Crippen LogP contribution >= 0.6 is 0 Å². The number of nitrogens with one attached hydrogen (secondary N) is 1. The van der Waals surface area contributed by atoms with Crippen LogP contribution in [-0.2, 0) is 0 Å². The first-order valence-corrected chi connectivity index (χ1v) is 9.64. The summed E-state index contributed by atoms with van der Waals surface area (Å²) in [5.74, 6) is -0.165. The van der Waals surface area contributed by atoms with Crippen molar-refractivity contribution in [3.63, 3.8) is 0 Å². The van der Waals surface area contributed by atoms with Gasteiger partial charge in [-0.05, 0) is 69.0 Å². The summed E-state index contributed by atoms with van der Waals surface area (Å²) in [5, 5.41) is 4.11. The molecule has 1 aliphatic rings. The van der Waals surface area contributed by atoms with E-state index in [0.717, 1.165) is 40.9 Å². The number of nitrogens with zero attached hydrogens (tertiary/aromatic N) is 2. The van der Waals surface area contributed by atoms with Gasteiger partial charge in [0, 0.05) is 29.9 Å². The van der Waals surface area contributed by atoms with Crippen LogP contribution < -0.4 is 10.2 Å². The first-order chi connectivity index (χ1) is 13.1. The Balaban J connectivity index is 1.74. The monoisotopic (exact) mass is 359 g/mol. The van der Waals surface area contributed by atoms with Crippen LogP contribution in [0.25, 0.3) is 10.9 Å². The van der Waals surface area contributed by atoms with Gasteiger partial charge in [0.15, 0.2) is 0 Å². The number of aryl methyl sites for hydroxylation is 2. The third kappa shape index (κ3) is 3.80. The molecule has 0 aliphatic carbocycles. The largest absolute Gasteiger partial charge is 0.371 e. The maximum atomic E-state index is 12.9. The standard InChI is InChI=1S/C23H25N3O/c1-16-7-6-8-18(13-16)24-23(27)21-15-22(26-11-4-3-5-12-26)19-14-17(2)9-10-20(19)25-21/h6-10,13-15H,3-5,11-12H2,1-2H3,(H,24,27). The summed E-state index contributed by atoms with van der Waals surface area (Å²) >= 11 is 0. The van der Waals surface area contributed by atoms with E-state index in [4.69, 9.17) is 0 Å². The highest BCUT2D eigenvalue weighted by atomic mass is 16.1. The van der Waals surface area contributed by atoms with Crippen LogP contribution in [0.4, 0.5) is 11.4 Å². The van der Waals surface area contributed by atoms with E-state index in [1.54, 1.807) is 0 Å². The van der Waals surface area contributed by atoms with Gasteiger partial charge in [0.05, 0.1) is 5.52 Å². The second kappa shape index (κ2) is 7.39. The highest BCUT2D eigenvalue weighted by Gasteiger charge is 2.18. The van der Waals surface area contributed by atoms with Gasteiger partial charge in [0.1, 0.15) is 5.69 Å². The molecule has 1 N–H and O–H groups in total. The molecule has 0 spiro atoms. The highest BCUT2D eigenvalue weighted by molar-refractivity contribution is 6.06. The summed E-state index contributed by atoms with van der Waals surface area (Å²) in [7, 11) is 0. The molecule has 4 heteroatoms. The van der Waals surface area contributed by atoms with E-state index >= 15 is 0 Å². The second-order valence-electron chi connectivity index (χ2n) is 7.42. The molecule has 4 nitrogen and oxygen atoms in total. The number of amides is 1. The van der Waals surface area contributed by atoms with Crippen LogP contribution in [0.2, 0.25) is 0 Å². The zero-order chi connectivity index (χ0) is 18.8. The lowest BCUT2D eigenvalue weighted by molar-refractivity contribution is 0.102. The van der Waals surface area contributed by atoms with E-state index in [2.05, 4.69) is 34.3 Å². The SMILES string of the molecule is Cc1cccc(NC(=O)c2cc(N3CCCCC3)c3cc(C)ccc3n2)c1. The molecule has 1 fully saturated rings. The number of fused-ring (bicyclic) bond motifs is 1. The van der Waals surface area contributed by atoms with Crippen LogP contribution in [-0.4, -0.2) is 24.0 Å². The number of hydrogen-bond acceptors (Lipinski definition) is 3. The molecule has 0 saturated carbocycles. The molecule has 0 radical (unpaired) electrons. The van der Waals surface area contributed by atoms with Crippen molar-refractivity contribution in [2.45, 2.75) is 33.1 Å². The Kier molecular flexibility index (Phi) is 4.80. The molecule has 1 amide bonds. The third-order valence-corrected chi connectivity index (χ3v) is 5.15. The number of rotatable bonds is 3. The normalized spacial score (nSPS) is 14.4. The lowest BCUT2D eigenvalue weighted by atomic mass is 10.1. The molecule has 1 aromatic heterocycles. The van der Waals surface area contributed by atoms with Crippen molar-refractivity contribution in [3.05, 3.63) is 65.4 Å². The Morgan fingerprint density at radius 3 is 2.52 bits per heavy atom. The number of aromatic nitrogens is 1. The van der Waals surface area contributed by atoms with Gasteiger partial charge in [0.2, 0.25) is 0 Å². The molecule has 0 bridgehead atoms. The Morgan fingerprint density at radius 1 is 0.963 bits per heavy atom. The van der Waals surface area contributed by atoms with Crippen LogP contribution in [0.15, 0.2) is 48.5 Å². The first-order valence-electron chi connectivity index (χ1n) is 9.64. The summed E-state index contributed by atoms with van der Waals surface area (Å²) in [6.07, 6.45) is 3.67. The van der Waals surface area contributed by atoms with Crippen molar-refractivity contribution in [1.29, 1.82) is 0 Å². The molecule has 4 rings (SSSR count). The van der Waals surface area contributed by atoms with Crippen LogP contribution in [0.3, 0.4) is 0 Å². The highest BCUT2D eigenvalue weighted by Crippen LogP contribution is 2.30. The Labute approximate surface area is 160 Å². The van der Waals surface area contributed by atoms with Gasteiger partial charge in [-0.15, -0.1) is 0 Å². The maximum absolute atomic E-state index is 12.9. The number of carbonyl (C=O) groups excluding carboxylic acids is 1. The topological polar surface area (TPSA) is 45.2 Å². The van der Waals surface area contributed by atoms with E-state index in [1.807, 2.05) is 43.3 Å². The van der Waals surface area contributed by atoms with Crippen molar-refractivity contribution in [1.82, 2.24) is 4.98 Å². The average molecular weight is 359 g/mol. The van der Waals surface area contributed by atoms with E-state index < -0.39 is 0 Å². The summed E-state index contributed by atoms with van der Waals surface area (Å²) in [6, 6.07) is 16.0. The summed E-state index contributed by atoms with van der Waals surface area (Å²) in [4.78, 5) is 19.9. The summed E-state index contributed by atoms with van der Waals surface area (Å²) in [6.45, 7) is 6.18. The fourth-order valence-corrected chi connectivity index (χ4v) is 3.75. The summed E-state index contributed by atoms with van der Waals surface area (Å²) in [5.41, 5.74) is 5.58. The van der Waals surface area contributed by atoms with Crippen molar-refractivity contribution in [2.24, 2.45) is 0 Å². The predicted octanol–water partition coefficient (Wildman–Crippen LogP) is 5.09. The minimum Gasteiger partial charge on any atom is -0.371 e. The van der Waals surface area contributed by atoms with E-state index in [0.29, 0.717) is 5.69 Å². The number of anilines is 2. The first kappa shape index (κ1) is 17.5. The van der Waals surface area contributed by atoms with Crippen LogP contribution in [0, 0.1) is 13.8 Å². The quantitative estimate of drug-likeness (QED) is 0.708. The molecule has 2 aromatic carbocycles. The zero-order valence-electron chi connectivity index (χ0n) is 16.0. The minimum atomic E-state index is -0.165. The molecule has 138 valence electrons. The number of piperidine rings is 1. The van der Waals surface area contributed by atoms with Gasteiger partial charge in [-0.1, -0.05) is 23.8 Å². The van der Waals surface area contributed by atoms with Gasteiger partial charge in [-0.2, -0.15) is 0 Å². The Hall–Kier alpha value is -2.88. The molecule has 27 heavy (non-hydrogen) atoms. The maximum Gasteiger partial charge on any atom is 0.274 e. The fourth-order valence-electron chi connectivity index (χ4n) is 3.75. The summed E-state index contributed by atoms with van der Waals surface area (Å²) < 4.78 is 0. The molecule has 1 aliphatic heterocycles. The minimum absolute atomic E-state index is 0.165. The molecule has 0 unspecified atom stereocenters. The van der Waals surface area contributed by atoms with Gasteiger partial charge in [0.25, 0.3) is 5.91 Å². The van der Waals surface area contributed by atoms with Gasteiger partial charge in [-0.25, -0.2) is 4.98 Å². The Bertz CT molecular complexity index is 990. The lowest BCUT2D eigenvalue weighted by Gasteiger charge is -2.30. The number of carbonyl (C=O) groups is 1. The van der Waals surface area contributed by atoms with Gasteiger partial charge < -0.3 is 10.2 Å². The van der Waals surface area contributed by atoms with E-state index in [9.17, 15) is 4.79 Å². The number of pyridine rings is 1. The molecule has 0 atom stereocenters. The van der Waals surface area contributed by atoms with Crippen LogP contribution in [0.5, 0.6) is 0 Å². The second-order valence-corrected chi connectivity index (χ2v) is 7.42. The van der Waals surface area contributed by atoms with Crippen molar-refractivity contribution >= 4 is 28.2 Å². The molecular weight excluding hydrogens is 334 g/mol. The van der Waals surface area contributed by atoms with E-state index in [1.165, 1.54) is 24.8 Å². The molecular formula is C23H25N3O. The smallest absolute Gasteiger partial charge is 0.274 e. The average Bonchev–Trinajstić information content (AvgIpc) is 2.68. The predicted molar refractivity (Wildman–Crippen MR) is 112 cm³/mol. The Morgan fingerprint density at radius 2 is 1.74 bits per heavy atom. The molecule has 1 saturated heterocycles. The molecule has 3 aromatic rings. The van der Waals surface area contributed by atoms with Crippen LogP contribution in [0.1, 0.15) is 40.9 Å². The zero-order valence-corrected chi connectivity index (χ0v) is 16.0. The van der Waals surface area contributed by atoms with E-state index in [-0.39, 0.29) is 5.91 Å². The third-order valence-electron chi connectivity index (χ3n) is 5.15. The number of hydrogen-bond donors (Lipinski definition) is 1. The fraction of sp³-hybridized carbons (Fsp3) is 0.304. The van der Waals surface area contributed by atoms with Gasteiger partial charge >= 0.3 is 0 Å². The van der Waals surface area contributed by atoms with Crippen molar-refractivity contribution in [3.8, 4) is 0 Å².